The van der Waals surface area contributed by atoms with Crippen LogP contribution in [0.4, 0.5) is 4.39 Å². The van der Waals surface area contributed by atoms with Crippen LogP contribution in [0, 0.1) is 5.82 Å². The predicted molar refractivity (Wildman–Crippen MR) is 67.6 cm³/mol. The molecule has 1 atom stereocenters. The highest BCUT2D eigenvalue weighted by atomic mass is 19.1. The topological polar surface area (TPSA) is 57.7 Å². The van der Waals surface area contributed by atoms with E-state index in [1.165, 1.54) is 18.9 Å². The Bertz CT molecular complexity index is 528. The molecule has 1 aliphatic heterocycles. The molecule has 5 nitrogen and oxygen atoms in total. The summed E-state index contributed by atoms with van der Waals surface area (Å²) in [7, 11) is 0. The molecule has 0 amide bonds. The third kappa shape index (κ3) is 2.78. The number of pyridine rings is 1. The van der Waals surface area contributed by atoms with Crippen LogP contribution in [0.2, 0.25) is 0 Å². The third-order valence-electron chi connectivity index (χ3n) is 3.51. The minimum absolute atomic E-state index is 0.236. The van der Waals surface area contributed by atoms with Crippen LogP contribution < -0.4 is 0 Å². The van der Waals surface area contributed by atoms with Crippen molar-refractivity contribution in [3.05, 3.63) is 42.0 Å². The maximum atomic E-state index is 13.2. The van der Waals surface area contributed by atoms with Gasteiger partial charge in [-0.3, -0.25) is 15.0 Å². The van der Waals surface area contributed by atoms with E-state index in [2.05, 4.69) is 25.1 Å². The van der Waals surface area contributed by atoms with E-state index in [4.69, 9.17) is 0 Å². The molecule has 0 aliphatic carbocycles. The van der Waals surface area contributed by atoms with E-state index in [-0.39, 0.29) is 11.9 Å². The minimum atomic E-state index is -0.286. The van der Waals surface area contributed by atoms with Crippen LogP contribution >= 0.6 is 0 Å². The van der Waals surface area contributed by atoms with Crippen molar-refractivity contribution >= 4 is 0 Å². The van der Waals surface area contributed by atoms with Crippen molar-refractivity contribution in [2.45, 2.75) is 31.8 Å². The Morgan fingerprint density at radius 1 is 1.37 bits per heavy atom. The summed E-state index contributed by atoms with van der Waals surface area (Å²) in [4.78, 5) is 10.5. The highest BCUT2D eigenvalue weighted by Crippen LogP contribution is 2.29. The third-order valence-corrected chi connectivity index (χ3v) is 3.51. The smallest absolute Gasteiger partial charge is 0.141 e. The molecular formula is C13H16FN5. The zero-order chi connectivity index (χ0) is 13.1. The van der Waals surface area contributed by atoms with E-state index in [1.807, 2.05) is 0 Å². The van der Waals surface area contributed by atoms with Gasteiger partial charge in [0.15, 0.2) is 0 Å². The second kappa shape index (κ2) is 5.44. The lowest BCUT2D eigenvalue weighted by molar-refractivity contribution is 0.134. The number of nitrogens with zero attached hydrogens (tertiary/aromatic N) is 4. The number of piperidine rings is 1. The Morgan fingerprint density at radius 2 is 2.32 bits per heavy atom. The van der Waals surface area contributed by atoms with E-state index in [0.29, 0.717) is 6.54 Å². The number of hydrogen-bond acceptors (Lipinski definition) is 4. The van der Waals surface area contributed by atoms with E-state index in [1.54, 1.807) is 12.3 Å². The maximum Gasteiger partial charge on any atom is 0.141 e. The highest BCUT2D eigenvalue weighted by Gasteiger charge is 2.26. The van der Waals surface area contributed by atoms with Crippen molar-refractivity contribution < 1.29 is 4.39 Å². The molecule has 19 heavy (non-hydrogen) atoms. The fraction of sp³-hybridized carbons (Fsp3) is 0.462. The molecule has 2 aromatic heterocycles. The minimum Gasteiger partial charge on any atom is -0.289 e. The molecule has 0 bridgehead atoms. The monoisotopic (exact) mass is 261 g/mol. The standard InChI is InChI=1S/C13H16FN5/c14-11-5-10(6-15-7-11)8-19-4-2-1-3-12(19)13-16-9-17-18-13/h5-7,9,12H,1-4,8H2,(H,16,17,18)/t12-/m1/s1. The Balaban J connectivity index is 1.77. The summed E-state index contributed by atoms with van der Waals surface area (Å²) in [5.41, 5.74) is 0.895. The van der Waals surface area contributed by atoms with E-state index in [0.717, 1.165) is 30.8 Å². The molecule has 0 saturated carbocycles. The molecule has 0 aromatic carbocycles. The lowest BCUT2D eigenvalue weighted by Crippen LogP contribution is -2.33. The van der Waals surface area contributed by atoms with Gasteiger partial charge in [-0.25, -0.2) is 9.37 Å². The first-order valence-electron chi connectivity index (χ1n) is 6.51. The summed E-state index contributed by atoms with van der Waals surface area (Å²) >= 11 is 0. The van der Waals surface area contributed by atoms with Gasteiger partial charge < -0.3 is 0 Å². The van der Waals surface area contributed by atoms with Crippen molar-refractivity contribution in [3.63, 3.8) is 0 Å². The van der Waals surface area contributed by atoms with Gasteiger partial charge in [0.05, 0.1) is 12.2 Å². The largest absolute Gasteiger partial charge is 0.289 e. The molecule has 0 radical (unpaired) electrons. The molecular weight excluding hydrogens is 245 g/mol. The highest BCUT2D eigenvalue weighted by molar-refractivity contribution is 5.11. The molecule has 6 heteroatoms. The molecule has 3 rings (SSSR count). The Hall–Kier alpha value is -1.82. The summed E-state index contributed by atoms with van der Waals surface area (Å²) in [6, 6.07) is 1.78. The first kappa shape index (κ1) is 12.2. The SMILES string of the molecule is Fc1cncc(CN2CCCC[C@@H]2c2ncn[nH]2)c1. The van der Waals surface area contributed by atoms with Crippen LogP contribution in [0.3, 0.4) is 0 Å². The van der Waals surface area contributed by atoms with Gasteiger partial charge >= 0.3 is 0 Å². The lowest BCUT2D eigenvalue weighted by Gasteiger charge is -2.34. The average Bonchev–Trinajstić information content (AvgIpc) is 2.93. The van der Waals surface area contributed by atoms with Crippen LogP contribution in [0.1, 0.15) is 36.7 Å². The van der Waals surface area contributed by atoms with E-state index in [9.17, 15) is 4.39 Å². The molecule has 2 aromatic rings. The van der Waals surface area contributed by atoms with Gasteiger partial charge in [-0.05, 0) is 31.0 Å². The molecule has 1 fully saturated rings. The Labute approximate surface area is 110 Å². The van der Waals surface area contributed by atoms with E-state index >= 15 is 0 Å². The van der Waals surface area contributed by atoms with Crippen LogP contribution in [-0.4, -0.2) is 31.6 Å². The van der Waals surface area contributed by atoms with Gasteiger partial charge in [0.25, 0.3) is 0 Å². The number of aromatic amines is 1. The van der Waals surface area contributed by atoms with Gasteiger partial charge in [0.1, 0.15) is 18.0 Å². The van der Waals surface area contributed by atoms with Crippen molar-refractivity contribution in [2.24, 2.45) is 0 Å². The second-order valence-electron chi connectivity index (χ2n) is 4.86. The Morgan fingerprint density at radius 3 is 3.11 bits per heavy atom. The molecule has 1 N–H and O–H groups in total. The van der Waals surface area contributed by atoms with Crippen molar-refractivity contribution in [2.75, 3.05) is 6.54 Å². The lowest BCUT2D eigenvalue weighted by atomic mass is 10.0. The fourth-order valence-electron chi connectivity index (χ4n) is 2.64. The molecule has 0 unspecified atom stereocenters. The van der Waals surface area contributed by atoms with Crippen LogP contribution in [-0.2, 0) is 6.54 Å². The zero-order valence-electron chi connectivity index (χ0n) is 10.6. The van der Waals surface area contributed by atoms with Crippen LogP contribution in [0.15, 0.2) is 24.8 Å². The van der Waals surface area contributed by atoms with Gasteiger partial charge in [-0.15, -0.1) is 0 Å². The van der Waals surface area contributed by atoms with Crippen molar-refractivity contribution in [3.8, 4) is 0 Å². The number of hydrogen-bond donors (Lipinski definition) is 1. The average molecular weight is 261 g/mol. The number of H-pyrrole nitrogens is 1. The van der Waals surface area contributed by atoms with Gasteiger partial charge in [0, 0.05) is 12.7 Å². The van der Waals surface area contributed by atoms with Crippen LogP contribution in [0.25, 0.3) is 0 Å². The fourth-order valence-corrected chi connectivity index (χ4v) is 2.64. The van der Waals surface area contributed by atoms with Crippen molar-refractivity contribution in [1.82, 2.24) is 25.1 Å². The molecule has 0 spiro atoms. The zero-order valence-corrected chi connectivity index (χ0v) is 10.6. The summed E-state index contributed by atoms with van der Waals surface area (Å²) in [6.45, 7) is 1.68. The summed E-state index contributed by atoms with van der Waals surface area (Å²) in [5.74, 6) is 0.606. The summed E-state index contributed by atoms with van der Waals surface area (Å²) < 4.78 is 13.2. The summed E-state index contributed by atoms with van der Waals surface area (Å²) in [6.07, 6.45) is 7.88. The van der Waals surface area contributed by atoms with Crippen molar-refractivity contribution in [1.29, 1.82) is 0 Å². The van der Waals surface area contributed by atoms with E-state index < -0.39 is 0 Å². The quantitative estimate of drug-likeness (QED) is 0.919. The Kier molecular flexibility index (Phi) is 3.50. The first-order valence-corrected chi connectivity index (χ1v) is 6.51. The van der Waals surface area contributed by atoms with Gasteiger partial charge in [0.2, 0.25) is 0 Å². The molecule has 100 valence electrons. The normalized spacial score (nSPS) is 20.6. The number of halogens is 1. The molecule has 1 saturated heterocycles. The molecule has 1 aliphatic rings. The van der Waals surface area contributed by atoms with Crippen LogP contribution in [0.5, 0.6) is 0 Å². The number of nitrogens with one attached hydrogen (secondary N) is 1. The number of rotatable bonds is 3. The van der Waals surface area contributed by atoms with Gasteiger partial charge in [-0.2, -0.15) is 5.10 Å². The first-order chi connectivity index (χ1) is 9.33. The number of likely N-dealkylation sites (tertiary alicyclic amines) is 1. The number of aromatic nitrogens is 4. The molecule has 3 heterocycles. The maximum absolute atomic E-state index is 13.2. The second-order valence-corrected chi connectivity index (χ2v) is 4.86. The predicted octanol–water partition coefficient (Wildman–Crippen LogP) is 2.07. The van der Waals surface area contributed by atoms with Gasteiger partial charge in [-0.1, -0.05) is 6.42 Å². The summed E-state index contributed by atoms with van der Waals surface area (Å²) in [5, 5.41) is 6.86.